The average molecular weight is 531 g/mol. The molecule has 0 amide bonds. The summed E-state index contributed by atoms with van der Waals surface area (Å²) < 4.78 is 51.6. The van der Waals surface area contributed by atoms with Gasteiger partial charge in [-0.25, -0.2) is 18.7 Å². The average Bonchev–Trinajstić information content (AvgIpc) is 3.12. The minimum absolute atomic E-state index is 0. The first-order valence-corrected chi connectivity index (χ1v) is 12.6. The van der Waals surface area contributed by atoms with Crippen LogP contribution < -0.4 is 11.3 Å². The number of aliphatic hydroxyl groups excluding tert-OH is 2. The third kappa shape index (κ3) is 6.80. The molecule has 0 aliphatic carbocycles. The third-order valence-electron chi connectivity index (χ3n) is 3.88. The van der Waals surface area contributed by atoms with Crippen LogP contribution in [0, 0.1) is 0 Å². The van der Waals surface area contributed by atoms with E-state index in [4.69, 9.17) is 25.2 Å². The molecule has 0 aromatic carbocycles. The molecule has 23 heteroatoms. The number of hydrogen-bond acceptors (Lipinski definition) is 13. The number of nitrogens with two attached hydrogens (primary N) is 1. The van der Waals surface area contributed by atoms with Gasteiger partial charge in [0, 0.05) is 0 Å². The van der Waals surface area contributed by atoms with E-state index in [1.165, 1.54) is 0 Å². The molecular formula is C10H17LiN5O14P3. The Morgan fingerprint density at radius 1 is 1.12 bits per heavy atom. The number of phosphoric ester groups is 1. The summed E-state index contributed by atoms with van der Waals surface area (Å²) in [5.41, 5.74) is 4.50. The molecule has 2 unspecified atom stereocenters. The van der Waals surface area contributed by atoms with E-state index >= 15 is 0 Å². The number of anilines is 1. The van der Waals surface area contributed by atoms with Crippen LogP contribution in [0.2, 0.25) is 0 Å². The van der Waals surface area contributed by atoms with Crippen molar-refractivity contribution in [1.29, 1.82) is 0 Å². The Hall–Kier alpha value is -0.963. The number of ether oxygens (including phenoxy) is 1. The van der Waals surface area contributed by atoms with Crippen LogP contribution in [-0.2, 0) is 31.6 Å². The third-order valence-corrected chi connectivity index (χ3v) is 7.68. The van der Waals surface area contributed by atoms with Gasteiger partial charge in [0.1, 0.15) is 18.3 Å². The van der Waals surface area contributed by atoms with Crippen LogP contribution in [0.15, 0.2) is 11.1 Å². The number of nitrogens with zero attached hydrogens (tertiary/aromatic N) is 3. The Bertz CT molecular complexity index is 1210. The molecule has 0 bridgehead atoms. The van der Waals surface area contributed by atoms with Crippen LogP contribution in [0.25, 0.3) is 11.2 Å². The second-order valence-corrected chi connectivity index (χ2v) is 10.6. The summed E-state index contributed by atoms with van der Waals surface area (Å²) in [6, 6.07) is 0. The second kappa shape index (κ2) is 9.96. The molecule has 2 aromatic rings. The number of nitrogens with one attached hydrogen (secondary N) is 1. The van der Waals surface area contributed by atoms with Crippen molar-refractivity contribution in [2.24, 2.45) is 0 Å². The Morgan fingerprint density at radius 3 is 2.36 bits per heavy atom. The summed E-state index contributed by atoms with van der Waals surface area (Å²) in [4.78, 5) is 57.3. The van der Waals surface area contributed by atoms with Crippen LogP contribution >= 0.6 is 23.5 Å². The zero-order valence-electron chi connectivity index (χ0n) is 15.3. The van der Waals surface area contributed by atoms with Crippen LogP contribution in [-0.4, -0.2) is 93.1 Å². The summed E-state index contributed by atoms with van der Waals surface area (Å²) in [6.45, 7) is -1.01. The van der Waals surface area contributed by atoms with Gasteiger partial charge in [-0.05, 0) is 0 Å². The molecule has 1 fully saturated rings. The quantitative estimate of drug-likeness (QED) is 0.124. The molecule has 182 valence electrons. The van der Waals surface area contributed by atoms with Crippen LogP contribution in [0.3, 0.4) is 0 Å². The van der Waals surface area contributed by atoms with E-state index < -0.39 is 60.2 Å². The van der Waals surface area contributed by atoms with Crippen molar-refractivity contribution in [3.8, 4) is 0 Å². The zero-order valence-corrected chi connectivity index (χ0v) is 18.0. The van der Waals surface area contributed by atoms with Crippen LogP contribution in [0.1, 0.15) is 6.23 Å². The molecule has 1 aliphatic rings. The molecule has 3 heterocycles. The van der Waals surface area contributed by atoms with Gasteiger partial charge >= 0.3 is 42.3 Å². The molecule has 6 atom stereocenters. The molecule has 33 heavy (non-hydrogen) atoms. The van der Waals surface area contributed by atoms with Gasteiger partial charge in [0.15, 0.2) is 17.4 Å². The Balaban J connectivity index is 0.00000385. The van der Waals surface area contributed by atoms with Gasteiger partial charge < -0.3 is 40.3 Å². The number of imidazole rings is 1. The first-order valence-electron chi connectivity index (χ1n) is 8.11. The van der Waals surface area contributed by atoms with Crippen molar-refractivity contribution < 1.29 is 61.4 Å². The number of nitrogen functional groups attached to an aromatic ring is 1. The molecule has 1 aliphatic heterocycles. The number of H-pyrrole nitrogens is 1. The molecule has 3 rings (SSSR count). The van der Waals surface area contributed by atoms with Gasteiger partial charge in [-0.2, -0.15) is 13.6 Å². The van der Waals surface area contributed by atoms with E-state index in [-0.39, 0.29) is 36.0 Å². The molecule has 1 saturated heterocycles. The predicted octanol–water partition coefficient (Wildman–Crippen LogP) is -2.98. The summed E-state index contributed by atoms with van der Waals surface area (Å²) in [6.07, 6.45) is -5.33. The molecule has 9 N–H and O–H groups in total. The maximum atomic E-state index is 11.9. The van der Waals surface area contributed by atoms with Gasteiger partial charge in [-0.15, -0.1) is 0 Å². The number of fused-ring (bicyclic) bond motifs is 1. The fraction of sp³-hybridized carbons (Fsp3) is 0.500. The van der Waals surface area contributed by atoms with Crippen molar-refractivity contribution in [1.82, 2.24) is 19.5 Å². The fourth-order valence-corrected chi connectivity index (χ4v) is 5.73. The number of rotatable bonds is 8. The van der Waals surface area contributed by atoms with E-state index in [1.54, 1.807) is 0 Å². The zero-order chi connectivity index (χ0) is 24.1. The Kier molecular flexibility index (Phi) is 8.53. The topological polar surface area (TPSA) is 299 Å². The standard InChI is InChI=1S/C10H16N5O14P3.Li.H/c11-10-13-7-4(8(18)14-10)12-2-15(7)9-6(17)5(16)3(27-9)1-26-31(22,23)29-32(24,25)28-30(19,20)21;;/h2-3,5-6,9,16-17H,1H2,(H,22,23)(H,24,25)(H2,19,20,21)(H3,11,13,14,18);;/t3-,5-,6-,9-;;/m1../s1. The number of aromatic nitrogens is 4. The van der Waals surface area contributed by atoms with Gasteiger partial charge in [0.25, 0.3) is 5.56 Å². The molecule has 19 nitrogen and oxygen atoms in total. The van der Waals surface area contributed by atoms with E-state index in [1.807, 2.05) is 0 Å². The van der Waals surface area contributed by atoms with Crippen molar-refractivity contribution in [3.05, 3.63) is 16.7 Å². The molecule has 0 saturated carbocycles. The Morgan fingerprint density at radius 2 is 1.76 bits per heavy atom. The molecule has 0 spiro atoms. The van der Waals surface area contributed by atoms with Crippen LogP contribution in [0.5, 0.6) is 0 Å². The monoisotopic (exact) mass is 531 g/mol. The first-order chi connectivity index (χ1) is 14.6. The van der Waals surface area contributed by atoms with E-state index in [2.05, 4.69) is 28.1 Å². The Labute approximate surface area is 194 Å². The molecular weight excluding hydrogens is 514 g/mol. The summed E-state index contributed by atoms with van der Waals surface area (Å²) >= 11 is 0. The van der Waals surface area contributed by atoms with Gasteiger partial charge in [-0.3, -0.25) is 18.9 Å². The maximum absolute atomic E-state index is 11.9. The van der Waals surface area contributed by atoms with Gasteiger partial charge in [0.2, 0.25) is 5.95 Å². The predicted molar refractivity (Wildman–Crippen MR) is 105 cm³/mol. The fourth-order valence-electron chi connectivity index (χ4n) is 2.70. The summed E-state index contributed by atoms with van der Waals surface area (Å²) in [5.74, 6) is -0.276. The van der Waals surface area contributed by atoms with E-state index in [9.17, 15) is 33.6 Å². The first kappa shape index (κ1) is 28.3. The number of phosphoric acid groups is 3. The van der Waals surface area contributed by atoms with Crippen molar-refractivity contribution >= 4 is 59.4 Å². The number of hydrogen-bond donors (Lipinski definition) is 8. The SMILES string of the molecule is Nc1nc2c(ncn2[C@@H]2O[C@H](COP(=O)(O)OP(=O)(O)OP(=O)(O)O)[C@@H](O)[C@H]2O)c(=O)[nH]1.[LiH]. The van der Waals surface area contributed by atoms with Crippen molar-refractivity contribution in [2.45, 2.75) is 24.5 Å². The summed E-state index contributed by atoms with van der Waals surface area (Å²) in [7, 11) is -16.8. The van der Waals surface area contributed by atoms with Crippen molar-refractivity contribution in [3.63, 3.8) is 0 Å². The van der Waals surface area contributed by atoms with Gasteiger partial charge in [-0.1, -0.05) is 0 Å². The summed E-state index contributed by atoms with van der Waals surface area (Å²) in [5, 5.41) is 20.4. The molecule has 0 radical (unpaired) electrons. The van der Waals surface area contributed by atoms with Gasteiger partial charge in [0.05, 0.1) is 12.9 Å². The van der Waals surface area contributed by atoms with E-state index in [0.29, 0.717) is 0 Å². The number of aliphatic hydroxyl groups is 2. The van der Waals surface area contributed by atoms with E-state index in [0.717, 1.165) is 10.9 Å². The molecule has 2 aromatic heterocycles. The second-order valence-electron chi connectivity index (χ2n) is 6.21. The number of aromatic amines is 1. The van der Waals surface area contributed by atoms with Crippen molar-refractivity contribution in [2.75, 3.05) is 12.3 Å². The van der Waals surface area contributed by atoms with Crippen LogP contribution in [0.4, 0.5) is 5.95 Å². The minimum atomic E-state index is -5.73. The normalized spacial score (nSPS) is 27.1.